The van der Waals surface area contributed by atoms with Gasteiger partial charge in [-0.15, -0.1) is 0 Å². The number of benzene rings is 2. The Bertz CT molecular complexity index is 1230. The van der Waals surface area contributed by atoms with Gasteiger partial charge in [-0.2, -0.15) is 0 Å². The number of rotatable bonds is 10. The number of carbonyl (C=O) groups is 2. The van der Waals surface area contributed by atoms with Gasteiger partial charge in [0.2, 0.25) is 0 Å². The van der Waals surface area contributed by atoms with E-state index in [0.717, 1.165) is 11.0 Å². The molecule has 0 aliphatic rings. The van der Waals surface area contributed by atoms with Crippen LogP contribution < -0.4 is 10.6 Å². The van der Waals surface area contributed by atoms with E-state index < -0.39 is 30.2 Å². The van der Waals surface area contributed by atoms with Crippen molar-refractivity contribution in [3.8, 4) is 0 Å². The van der Waals surface area contributed by atoms with Crippen molar-refractivity contribution in [3.63, 3.8) is 0 Å². The first-order valence-corrected chi connectivity index (χ1v) is 12.1. The number of esters is 1. The second-order valence-corrected chi connectivity index (χ2v) is 9.46. The molecule has 3 rings (SSSR count). The van der Waals surface area contributed by atoms with Gasteiger partial charge < -0.3 is 19.9 Å². The highest BCUT2D eigenvalue weighted by Crippen LogP contribution is 2.25. The average molecular weight is 496 g/mol. The van der Waals surface area contributed by atoms with E-state index in [4.69, 9.17) is 15.1 Å². The molecule has 9 heteroatoms. The van der Waals surface area contributed by atoms with Crippen LogP contribution in [-0.2, 0) is 11.3 Å². The van der Waals surface area contributed by atoms with Gasteiger partial charge >= 0.3 is 5.97 Å². The van der Waals surface area contributed by atoms with Crippen molar-refractivity contribution in [1.82, 2.24) is 20.2 Å². The topological polar surface area (TPSA) is 109 Å². The van der Waals surface area contributed by atoms with Crippen molar-refractivity contribution in [3.05, 3.63) is 65.5 Å². The molecule has 0 fully saturated rings. The van der Waals surface area contributed by atoms with E-state index >= 15 is 0 Å². The Morgan fingerprint density at radius 3 is 2.44 bits per heavy atom. The normalized spacial score (nSPS) is 12.2. The first-order valence-electron chi connectivity index (χ1n) is 12.1. The number of ether oxygens (including phenoxy) is 1. The summed E-state index contributed by atoms with van der Waals surface area (Å²) in [5, 5.41) is 13.3. The average Bonchev–Trinajstić information content (AvgIpc) is 3.23. The molecule has 1 amide bonds. The third-order valence-electron chi connectivity index (χ3n) is 5.55. The number of imidazole rings is 1. The van der Waals surface area contributed by atoms with Crippen LogP contribution in [0.1, 0.15) is 73.1 Å². The molecule has 0 spiro atoms. The number of amides is 1. The molecule has 1 heterocycles. The molecule has 0 saturated heterocycles. The summed E-state index contributed by atoms with van der Waals surface area (Å²) in [5.74, 6) is -0.467. The third-order valence-corrected chi connectivity index (χ3v) is 5.55. The largest absolute Gasteiger partial charge is 0.456 e. The lowest BCUT2D eigenvalue weighted by Gasteiger charge is -2.22. The number of alkyl halides is 1. The molecule has 1 atom stereocenters. The maximum absolute atomic E-state index is 13.5. The molecule has 0 aliphatic heterocycles. The molecule has 3 N–H and O–H groups in total. The van der Waals surface area contributed by atoms with E-state index in [1.807, 2.05) is 31.2 Å². The highest BCUT2D eigenvalue weighted by molar-refractivity contribution is 6.05. The van der Waals surface area contributed by atoms with Gasteiger partial charge in [0.15, 0.2) is 0 Å². The molecule has 0 aliphatic carbocycles. The summed E-state index contributed by atoms with van der Waals surface area (Å²) in [6, 6.07) is 13.8. The van der Waals surface area contributed by atoms with E-state index in [1.54, 1.807) is 45.0 Å². The van der Waals surface area contributed by atoms with Crippen LogP contribution in [0.3, 0.4) is 0 Å². The van der Waals surface area contributed by atoms with Crippen LogP contribution in [0.15, 0.2) is 48.5 Å². The summed E-state index contributed by atoms with van der Waals surface area (Å²) in [6.45, 7) is 7.52. The van der Waals surface area contributed by atoms with Gasteiger partial charge in [-0.3, -0.25) is 10.2 Å². The van der Waals surface area contributed by atoms with Crippen molar-refractivity contribution in [2.24, 2.45) is 0 Å². The monoisotopic (exact) mass is 495 g/mol. The predicted molar refractivity (Wildman–Crippen MR) is 138 cm³/mol. The Balaban J connectivity index is 1.91. The number of para-hydroxylation sites is 2. The Morgan fingerprint density at radius 2 is 1.78 bits per heavy atom. The minimum Gasteiger partial charge on any atom is -0.456 e. The maximum Gasteiger partial charge on any atom is 0.339 e. The van der Waals surface area contributed by atoms with Crippen molar-refractivity contribution in [2.45, 2.75) is 58.7 Å². The zero-order chi connectivity index (χ0) is 26.3. The Labute approximate surface area is 210 Å². The third kappa shape index (κ3) is 6.68. The van der Waals surface area contributed by atoms with Crippen LogP contribution in [0.4, 0.5) is 4.39 Å². The molecular formula is C27H34FN5O3. The lowest BCUT2D eigenvalue weighted by molar-refractivity contribution is 0.00674. The molecular weight excluding hydrogens is 461 g/mol. The molecule has 8 nitrogen and oxygen atoms in total. The summed E-state index contributed by atoms with van der Waals surface area (Å²) in [6.07, 6.45) is 1.06. The number of fused-ring (bicyclic) bond motifs is 1. The number of hydrogen-bond acceptors (Lipinski definition) is 5. The molecule has 2 aromatic carbocycles. The van der Waals surface area contributed by atoms with Gasteiger partial charge in [0.25, 0.3) is 5.91 Å². The number of halogens is 1. The fourth-order valence-electron chi connectivity index (χ4n) is 3.98. The van der Waals surface area contributed by atoms with Crippen LogP contribution in [-0.4, -0.2) is 46.1 Å². The summed E-state index contributed by atoms with van der Waals surface area (Å²) in [5.41, 5.74) is 1.48. The van der Waals surface area contributed by atoms with Gasteiger partial charge in [0.05, 0.1) is 28.2 Å². The minimum absolute atomic E-state index is 0.178. The van der Waals surface area contributed by atoms with E-state index in [2.05, 4.69) is 15.2 Å². The summed E-state index contributed by atoms with van der Waals surface area (Å²) in [4.78, 5) is 31.1. The number of nitrogens with one attached hydrogen (secondary N) is 3. The maximum atomic E-state index is 13.5. The van der Waals surface area contributed by atoms with Crippen LogP contribution in [0, 0.1) is 5.41 Å². The number of carbonyl (C=O) groups excluding carboxylic acids is 2. The zero-order valence-electron chi connectivity index (χ0n) is 21.2. The van der Waals surface area contributed by atoms with Crippen molar-refractivity contribution < 1.29 is 18.7 Å². The van der Waals surface area contributed by atoms with Crippen molar-refractivity contribution in [2.75, 3.05) is 13.2 Å². The highest BCUT2D eigenvalue weighted by Gasteiger charge is 2.26. The number of aromatic nitrogens is 2. The fraction of sp³-hybridized carbons (Fsp3) is 0.407. The van der Waals surface area contributed by atoms with Gasteiger partial charge in [-0.25, -0.2) is 14.2 Å². The number of hydrogen-bond donors (Lipinski definition) is 3. The number of amidine groups is 1. The zero-order valence-corrected chi connectivity index (χ0v) is 21.2. The molecule has 3 aromatic rings. The second kappa shape index (κ2) is 11.8. The van der Waals surface area contributed by atoms with Crippen LogP contribution in [0.5, 0.6) is 0 Å². The number of nitrogens with zero attached hydrogens (tertiary/aromatic N) is 2. The first kappa shape index (κ1) is 26.8. The lowest BCUT2D eigenvalue weighted by atomic mass is 10.0. The molecule has 0 saturated carbocycles. The quantitative estimate of drug-likeness (QED) is 0.162. The molecule has 0 bridgehead atoms. The summed E-state index contributed by atoms with van der Waals surface area (Å²) >= 11 is 0. The fourth-order valence-corrected chi connectivity index (χ4v) is 3.98. The highest BCUT2D eigenvalue weighted by atomic mass is 19.1. The van der Waals surface area contributed by atoms with Gasteiger partial charge in [0.1, 0.15) is 23.9 Å². The van der Waals surface area contributed by atoms with Crippen LogP contribution in [0.2, 0.25) is 0 Å². The lowest BCUT2D eigenvalue weighted by Crippen LogP contribution is -2.33. The van der Waals surface area contributed by atoms with Crippen molar-refractivity contribution >= 4 is 28.7 Å². The Kier molecular flexibility index (Phi) is 8.79. The summed E-state index contributed by atoms with van der Waals surface area (Å²) < 4.78 is 20.2. The molecule has 0 radical (unpaired) electrons. The predicted octanol–water partition coefficient (Wildman–Crippen LogP) is 4.80. The van der Waals surface area contributed by atoms with Crippen LogP contribution >= 0.6 is 0 Å². The van der Waals surface area contributed by atoms with Crippen molar-refractivity contribution in [1.29, 1.82) is 5.41 Å². The van der Waals surface area contributed by atoms with Crippen LogP contribution in [0.25, 0.3) is 11.0 Å². The van der Waals surface area contributed by atoms with E-state index in [1.165, 1.54) is 0 Å². The molecule has 1 aromatic heterocycles. The summed E-state index contributed by atoms with van der Waals surface area (Å²) in [7, 11) is 0. The number of aryl methyl sites for hydroxylation is 1. The van der Waals surface area contributed by atoms with E-state index in [-0.39, 0.29) is 17.0 Å². The molecule has 36 heavy (non-hydrogen) atoms. The standard InChI is InChI=1S/C27H34FN5O3/c1-5-33-22-15-9-8-13-20(22)31-24(33)21(14-10-16-30-23(29)17-28)32-25(34)18-11-6-7-12-19(18)26(35)36-27(2,3)4/h6-9,11-13,15,21H,5,10,14,16-17H2,1-4H3,(H2,29,30)(H,32,34)/t21-/m0/s1. The first-order chi connectivity index (χ1) is 17.1. The van der Waals surface area contributed by atoms with E-state index in [9.17, 15) is 14.0 Å². The second-order valence-electron chi connectivity index (χ2n) is 9.46. The van der Waals surface area contributed by atoms with Gasteiger partial charge in [-0.05, 0) is 64.8 Å². The molecule has 0 unspecified atom stereocenters. The van der Waals surface area contributed by atoms with E-state index in [0.29, 0.717) is 31.8 Å². The minimum atomic E-state index is -0.854. The smallest absolute Gasteiger partial charge is 0.339 e. The van der Waals surface area contributed by atoms with Gasteiger partial charge in [0, 0.05) is 13.1 Å². The SMILES string of the molecule is CCn1c([C@H](CCCNC(=N)CF)NC(=O)c2ccccc2C(=O)OC(C)(C)C)nc2ccccc21. The Morgan fingerprint density at radius 1 is 1.11 bits per heavy atom. The Hall–Kier alpha value is -3.75. The molecule has 192 valence electrons. The van der Waals surface area contributed by atoms with Gasteiger partial charge in [-0.1, -0.05) is 24.3 Å².